The summed E-state index contributed by atoms with van der Waals surface area (Å²) in [6.07, 6.45) is 1.13. The van der Waals surface area contributed by atoms with E-state index in [1.54, 1.807) is 24.4 Å². The summed E-state index contributed by atoms with van der Waals surface area (Å²) in [6, 6.07) is 5.49. The lowest BCUT2D eigenvalue weighted by Gasteiger charge is -2.35. The number of likely N-dealkylation sites (tertiary alicyclic amines) is 1. The van der Waals surface area contributed by atoms with E-state index in [1.165, 1.54) is 6.07 Å². The summed E-state index contributed by atoms with van der Waals surface area (Å²) in [5, 5.41) is 4.18. The standard InChI is InChI=1S/C18H21F2N3O3S2/c1-12(18(24)21-16-5-4-13(19)11-15(16)20)23-8-6-14(7-9-23)22-28(25,26)17-3-2-10-27-17/h2-5,10-12,14,22H,6-9H2,1H3,(H,21,24)/t12-/m1/s1. The largest absolute Gasteiger partial charge is 0.322 e. The van der Waals surface area contributed by atoms with Gasteiger partial charge >= 0.3 is 0 Å². The molecule has 2 heterocycles. The summed E-state index contributed by atoms with van der Waals surface area (Å²) in [6.45, 7) is 2.75. The molecule has 1 atom stereocenters. The van der Waals surface area contributed by atoms with E-state index in [0.29, 0.717) is 32.0 Å². The number of hydrogen-bond acceptors (Lipinski definition) is 5. The van der Waals surface area contributed by atoms with Crippen LogP contribution in [0.1, 0.15) is 19.8 Å². The third kappa shape index (κ3) is 4.93. The van der Waals surface area contributed by atoms with Crippen molar-refractivity contribution in [3.8, 4) is 0 Å². The summed E-state index contributed by atoms with van der Waals surface area (Å²) >= 11 is 1.16. The maximum absolute atomic E-state index is 13.7. The number of nitrogens with one attached hydrogen (secondary N) is 2. The summed E-state index contributed by atoms with van der Waals surface area (Å²) in [4.78, 5) is 14.3. The molecule has 0 aliphatic carbocycles. The summed E-state index contributed by atoms with van der Waals surface area (Å²) in [7, 11) is -3.52. The van der Waals surface area contributed by atoms with Crippen LogP contribution in [0.4, 0.5) is 14.5 Å². The van der Waals surface area contributed by atoms with Crippen LogP contribution in [0.2, 0.25) is 0 Å². The predicted molar refractivity (Wildman–Crippen MR) is 104 cm³/mol. The Morgan fingerprint density at radius 3 is 2.57 bits per heavy atom. The number of carbonyl (C=O) groups is 1. The van der Waals surface area contributed by atoms with E-state index in [0.717, 1.165) is 17.4 Å². The number of rotatable bonds is 6. The van der Waals surface area contributed by atoms with E-state index in [9.17, 15) is 22.0 Å². The first kappa shape index (κ1) is 20.8. The van der Waals surface area contributed by atoms with Crippen molar-refractivity contribution in [3.05, 3.63) is 47.3 Å². The lowest BCUT2D eigenvalue weighted by atomic mass is 10.0. The van der Waals surface area contributed by atoms with Crippen molar-refractivity contribution >= 4 is 33.0 Å². The predicted octanol–water partition coefficient (Wildman–Crippen LogP) is 2.80. The van der Waals surface area contributed by atoms with Crippen LogP contribution < -0.4 is 10.0 Å². The lowest BCUT2D eigenvalue weighted by molar-refractivity contribution is -0.121. The minimum Gasteiger partial charge on any atom is -0.322 e. The van der Waals surface area contributed by atoms with Crippen molar-refractivity contribution in [1.29, 1.82) is 0 Å². The fraction of sp³-hybridized carbons (Fsp3) is 0.389. The maximum Gasteiger partial charge on any atom is 0.250 e. The highest BCUT2D eigenvalue weighted by Crippen LogP contribution is 2.21. The van der Waals surface area contributed by atoms with E-state index < -0.39 is 33.6 Å². The molecule has 0 bridgehead atoms. The minimum atomic E-state index is -3.52. The van der Waals surface area contributed by atoms with Gasteiger partial charge in [-0.2, -0.15) is 0 Å². The van der Waals surface area contributed by atoms with Gasteiger partial charge in [0.2, 0.25) is 15.9 Å². The van der Waals surface area contributed by atoms with Gasteiger partial charge in [-0.1, -0.05) is 6.07 Å². The highest BCUT2D eigenvalue weighted by Gasteiger charge is 2.29. The molecular weight excluding hydrogens is 408 g/mol. The molecule has 1 aliphatic heterocycles. The molecule has 0 spiro atoms. The number of carbonyl (C=O) groups excluding carboxylic acids is 1. The zero-order valence-electron chi connectivity index (χ0n) is 15.2. The summed E-state index contributed by atoms with van der Waals surface area (Å²) < 4.78 is 54.3. The smallest absolute Gasteiger partial charge is 0.250 e. The number of hydrogen-bond donors (Lipinski definition) is 2. The number of halogens is 2. The molecule has 1 saturated heterocycles. The highest BCUT2D eigenvalue weighted by molar-refractivity contribution is 7.91. The van der Waals surface area contributed by atoms with E-state index in [4.69, 9.17) is 0 Å². The fourth-order valence-electron chi connectivity index (χ4n) is 3.09. The van der Waals surface area contributed by atoms with Crippen LogP contribution in [0.5, 0.6) is 0 Å². The Kier molecular flexibility index (Phi) is 6.43. The molecule has 1 fully saturated rings. The molecule has 3 rings (SSSR count). The van der Waals surface area contributed by atoms with E-state index in [2.05, 4.69) is 10.0 Å². The third-order valence-electron chi connectivity index (χ3n) is 4.73. The van der Waals surface area contributed by atoms with Crippen LogP contribution in [0.15, 0.2) is 39.9 Å². The normalized spacial score (nSPS) is 17.4. The zero-order chi connectivity index (χ0) is 20.3. The number of sulfonamides is 1. The number of anilines is 1. The molecule has 0 saturated carbocycles. The molecule has 10 heteroatoms. The molecule has 1 aromatic heterocycles. The van der Waals surface area contributed by atoms with Crippen LogP contribution in [0.3, 0.4) is 0 Å². The van der Waals surface area contributed by atoms with Crippen LogP contribution >= 0.6 is 11.3 Å². The third-order valence-corrected chi connectivity index (χ3v) is 7.65. The molecule has 0 radical (unpaired) electrons. The van der Waals surface area contributed by atoms with Crippen LogP contribution in [-0.2, 0) is 14.8 Å². The van der Waals surface area contributed by atoms with Gasteiger partial charge in [-0.3, -0.25) is 9.69 Å². The summed E-state index contributed by atoms with van der Waals surface area (Å²) in [5.74, 6) is -1.94. The van der Waals surface area contributed by atoms with Crippen molar-refractivity contribution in [2.45, 2.75) is 36.1 Å². The van der Waals surface area contributed by atoms with Crippen molar-refractivity contribution in [2.24, 2.45) is 0 Å². The average Bonchev–Trinajstić information content (AvgIpc) is 3.19. The first-order valence-electron chi connectivity index (χ1n) is 8.82. The Morgan fingerprint density at radius 1 is 1.25 bits per heavy atom. The molecule has 152 valence electrons. The Morgan fingerprint density at radius 2 is 1.96 bits per heavy atom. The van der Waals surface area contributed by atoms with Crippen LogP contribution in [0.25, 0.3) is 0 Å². The second-order valence-electron chi connectivity index (χ2n) is 6.65. The van der Waals surface area contributed by atoms with Gasteiger partial charge in [0.15, 0.2) is 0 Å². The molecule has 0 unspecified atom stereocenters. The first-order chi connectivity index (χ1) is 13.3. The Bertz CT molecular complexity index is 928. The van der Waals surface area contributed by atoms with E-state index >= 15 is 0 Å². The quantitative estimate of drug-likeness (QED) is 0.740. The van der Waals surface area contributed by atoms with Crippen molar-refractivity contribution < 1.29 is 22.0 Å². The van der Waals surface area contributed by atoms with Gasteiger partial charge in [-0.15, -0.1) is 11.3 Å². The molecule has 6 nitrogen and oxygen atoms in total. The van der Waals surface area contributed by atoms with Gasteiger partial charge in [0.1, 0.15) is 15.8 Å². The Hall–Kier alpha value is -1.88. The van der Waals surface area contributed by atoms with Gasteiger partial charge in [0.25, 0.3) is 0 Å². The van der Waals surface area contributed by atoms with E-state index in [-0.39, 0.29) is 15.9 Å². The van der Waals surface area contributed by atoms with Crippen molar-refractivity contribution in [3.63, 3.8) is 0 Å². The van der Waals surface area contributed by atoms with E-state index in [1.807, 2.05) is 4.90 Å². The molecule has 2 N–H and O–H groups in total. The number of thiophene rings is 1. The monoisotopic (exact) mass is 429 g/mol. The average molecular weight is 430 g/mol. The molecule has 1 aliphatic rings. The number of amides is 1. The van der Waals surface area contributed by atoms with Gasteiger partial charge in [-0.05, 0) is 43.3 Å². The number of nitrogens with zero attached hydrogens (tertiary/aromatic N) is 1. The fourth-order valence-corrected chi connectivity index (χ4v) is 5.41. The topological polar surface area (TPSA) is 78.5 Å². The van der Waals surface area contributed by atoms with Gasteiger partial charge < -0.3 is 5.32 Å². The maximum atomic E-state index is 13.7. The number of piperidine rings is 1. The van der Waals surface area contributed by atoms with Crippen molar-refractivity contribution in [1.82, 2.24) is 9.62 Å². The zero-order valence-corrected chi connectivity index (χ0v) is 16.8. The van der Waals surface area contributed by atoms with Gasteiger partial charge in [-0.25, -0.2) is 21.9 Å². The van der Waals surface area contributed by atoms with Gasteiger partial charge in [0.05, 0.1) is 11.7 Å². The van der Waals surface area contributed by atoms with Crippen LogP contribution in [-0.4, -0.2) is 44.4 Å². The van der Waals surface area contributed by atoms with Crippen molar-refractivity contribution in [2.75, 3.05) is 18.4 Å². The van der Waals surface area contributed by atoms with Crippen LogP contribution in [0, 0.1) is 11.6 Å². The second-order valence-corrected chi connectivity index (χ2v) is 9.54. The minimum absolute atomic E-state index is 0.0724. The SMILES string of the molecule is C[C@H](C(=O)Nc1ccc(F)cc1F)N1CCC(NS(=O)(=O)c2cccs2)CC1. The molecule has 28 heavy (non-hydrogen) atoms. The Labute approximate surface area is 166 Å². The molecule has 2 aromatic rings. The molecule has 1 amide bonds. The lowest BCUT2D eigenvalue weighted by Crippen LogP contribution is -2.50. The second kappa shape index (κ2) is 8.64. The van der Waals surface area contributed by atoms with Gasteiger partial charge in [0, 0.05) is 25.2 Å². The highest BCUT2D eigenvalue weighted by atomic mass is 32.2. The number of benzene rings is 1. The molecule has 1 aromatic carbocycles. The summed E-state index contributed by atoms with van der Waals surface area (Å²) in [5.41, 5.74) is -0.0724. The molecular formula is C18H21F2N3O3S2. The Balaban J connectivity index is 1.53. The first-order valence-corrected chi connectivity index (χ1v) is 11.2.